The number of ether oxygens (including phenoxy) is 1. The number of anilines is 1. The van der Waals surface area contributed by atoms with Crippen molar-refractivity contribution in [2.45, 2.75) is 11.8 Å². The van der Waals surface area contributed by atoms with Gasteiger partial charge < -0.3 is 9.84 Å². The van der Waals surface area contributed by atoms with Crippen molar-refractivity contribution in [3.8, 4) is 5.75 Å². The number of carbonyl (C=O) groups is 1. The van der Waals surface area contributed by atoms with E-state index in [1.807, 2.05) is 0 Å². The Kier molecular flexibility index (Phi) is 4.55. The summed E-state index contributed by atoms with van der Waals surface area (Å²) in [7, 11) is -2.88. The fourth-order valence-electron chi connectivity index (χ4n) is 1.94. The lowest BCUT2D eigenvalue weighted by Gasteiger charge is -2.12. The van der Waals surface area contributed by atoms with Gasteiger partial charge in [0.15, 0.2) is 11.6 Å². The summed E-state index contributed by atoms with van der Waals surface area (Å²) >= 11 is 0. The zero-order valence-electron chi connectivity index (χ0n) is 12.3. The van der Waals surface area contributed by atoms with Crippen LogP contribution in [0.5, 0.6) is 5.75 Å². The Morgan fingerprint density at radius 2 is 1.91 bits per heavy atom. The van der Waals surface area contributed by atoms with Crippen LogP contribution in [0, 0.1) is 12.7 Å². The molecule has 0 saturated carbocycles. The first-order chi connectivity index (χ1) is 10.7. The predicted molar refractivity (Wildman–Crippen MR) is 81.9 cm³/mol. The van der Waals surface area contributed by atoms with Crippen molar-refractivity contribution in [2.75, 3.05) is 11.8 Å². The minimum absolute atomic E-state index is 0.0921. The number of nitrogens with one attached hydrogen (secondary N) is 1. The Balaban J connectivity index is 2.43. The Morgan fingerprint density at radius 3 is 2.48 bits per heavy atom. The van der Waals surface area contributed by atoms with Crippen LogP contribution in [0.1, 0.15) is 15.9 Å². The smallest absolute Gasteiger partial charge is 0.337 e. The summed E-state index contributed by atoms with van der Waals surface area (Å²) in [6, 6.07) is 7.40. The van der Waals surface area contributed by atoms with Crippen molar-refractivity contribution in [1.82, 2.24) is 0 Å². The van der Waals surface area contributed by atoms with E-state index in [-0.39, 0.29) is 21.9 Å². The molecule has 0 radical (unpaired) electrons. The second-order valence-electron chi connectivity index (χ2n) is 4.76. The van der Waals surface area contributed by atoms with Gasteiger partial charge in [0.25, 0.3) is 10.0 Å². The molecule has 2 N–H and O–H groups in total. The summed E-state index contributed by atoms with van der Waals surface area (Å²) in [5.74, 6) is -2.20. The topological polar surface area (TPSA) is 92.7 Å². The average Bonchev–Trinajstić information content (AvgIpc) is 2.48. The van der Waals surface area contributed by atoms with Gasteiger partial charge in [0.05, 0.1) is 23.3 Å². The van der Waals surface area contributed by atoms with Gasteiger partial charge in [0, 0.05) is 0 Å². The van der Waals surface area contributed by atoms with E-state index in [1.54, 1.807) is 13.0 Å². The predicted octanol–water partition coefficient (Wildman–Crippen LogP) is 2.64. The maximum absolute atomic E-state index is 13.7. The zero-order chi connectivity index (χ0) is 17.2. The summed E-state index contributed by atoms with van der Waals surface area (Å²) in [5, 5.41) is 9.16. The molecule has 0 atom stereocenters. The SMILES string of the molecule is COc1ccc(S(=O)(=O)Nc2ccc(C)cc2C(=O)O)cc1F. The number of carboxylic acid groups (broad SMARTS) is 1. The molecule has 0 aliphatic rings. The molecule has 122 valence electrons. The molecule has 23 heavy (non-hydrogen) atoms. The van der Waals surface area contributed by atoms with Crippen LogP contribution in [0.25, 0.3) is 0 Å². The number of sulfonamides is 1. The molecule has 2 aromatic carbocycles. The zero-order valence-corrected chi connectivity index (χ0v) is 13.1. The second kappa shape index (κ2) is 6.25. The highest BCUT2D eigenvalue weighted by Gasteiger charge is 2.20. The maximum Gasteiger partial charge on any atom is 0.337 e. The van der Waals surface area contributed by atoms with Gasteiger partial charge in [0.2, 0.25) is 0 Å². The van der Waals surface area contributed by atoms with Crippen LogP contribution >= 0.6 is 0 Å². The molecule has 0 heterocycles. The quantitative estimate of drug-likeness (QED) is 0.873. The summed E-state index contributed by atoms with van der Waals surface area (Å²) in [4.78, 5) is 10.9. The lowest BCUT2D eigenvalue weighted by molar-refractivity contribution is 0.0698. The first-order valence-electron chi connectivity index (χ1n) is 6.45. The van der Waals surface area contributed by atoms with Crippen LogP contribution in [0.4, 0.5) is 10.1 Å². The van der Waals surface area contributed by atoms with E-state index in [1.165, 1.54) is 31.4 Å². The molecular formula is C15H14FNO5S. The van der Waals surface area contributed by atoms with Crippen molar-refractivity contribution in [3.05, 3.63) is 53.3 Å². The largest absolute Gasteiger partial charge is 0.494 e. The van der Waals surface area contributed by atoms with Gasteiger partial charge in [-0.2, -0.15) is 0 Å². The first kappa shape index (κ1) is 16.8. The second-order valence-corrected chi connectivity index (χ2v) is 6.44. The Morgan fingerprint density at radius 1 is 1.22 bits per heavy atom. The Hall–Kier alpha value is -2.61. The third kappa shape index (κ3) is 3.59. The minimum atomic E-state index is -4.14. The molecule has 0 aliphatic carbocycles. The molecule has 0 aromatic heterocycles. The number of aromatic carboxylic acids is 1. The van der Waals surface area contributed by atoms with Crippen molar-refractivity contribution in [2.24, 2.45) is 0 Å². The highest BCUT2D eigenvalue weighted by Crippen LogP contribution is 2.24. The molecule has 0 unspecified atom stereocenters. The third-order valence-corrected chi connectivity index (χ3v) is 4.45. The molecule has 2 aromatic rings. The van der Waals surface area contributed by atoms with Crippen LogP contribution in [0.2, 0.25) is 0 Å². The van der Waals surface area contributed by atoms with Gasteiger partial charge in [-0.25, -0.2) is 17.6 Å². The third-order valence-electron chi connectivity index (χ3n) is 3.08. The molecule has 8 heteroatoms. The number of benzene rings is 2. The number of halogens is 1. The first-order valence-corrected chi connectivity index (χ1v) is 7.93. The standard InChI is InChI=1S/C15H14FNO5S/c1-9-3-5-13(11(7-9)15(18)19)17-23(20,21)10-4-6-14(22-2)12(16)8-10/h3-8,17H,1-2H3,(H,18,19). The summed E-state index contributed by atoms with van der Waals surface area (Å²) in [6.07, 6.45) is 0. The van der Waals surface area contributed by atoms with Crippen LogP contribution in [-0.2, 0) is 10.0 Å². The number of hydrogen-bond donors (Lipinski definition) is 2. The van der Waals surface area contributed by atoms with Crippen LogP contribution in [0.15, 0.2) is 41.3 Å². The van der Waals surface area contributed by atoms with E-state index in [9.17, 15) is 17.6 Å². The van der Waals surface area contributed by atoms with E-state index in [0.717, 1.165) is 6.07 Å². The highest BCUT2D eigenvalue weighted by atomic mass is 32.2. The number of hydrogen-bond acceptors (Lipinski definition) is 4. The van der Waals surface area contributed by atoms with Crippen LogP contribution in [-0.4, -0.2) is 26.6 Å². The van der Waals surface area contributed by atoms with Crippen molar-refractivity contribution < 1.29 is 27.4 Å². The Bertz CT molecular complexity index is 864. The normalized spacial score (nSPS) is 11.1. The van der Waals surface area contributed by atoms with E-state index < -0.39 is 21.8 Å². The lowest BCUT2D eigenvalue weighted by atomic mass is 10.1. The highest BCUT2D eigenvalue weighted by molar-refractivity contribution is 7.92. The number of methoxy groups -OCH3 is 1. The fourth-order valence-corrected chi connectivity index (χ4v) is 3.03. The Labute approximate surface area is 132 Å². The summed E-state index contributed by atoms with van der Waals surface area (Å²) in [6.45, 7) is 1.68. The average molecular weight is 339 g/mol. The van der Waals surface area contributed by atoms with E-state index in [0.29, 0.717) is 5.56 Å². The molecule has 6 nitrogen and oxygen atoms in total. The summed E-state index contributed by atoms with van der Waals surface area (Å²) < 4.78 is 45.2. The van der Waals surface area contributed by atoms with Gasteiger partial charge in [-0.15, -0.1) is 0 Å². The lowest BCUT2D eigenvalue weighted by Crippen LogP contribution is -2.16. The van der Waals surface area contributed by atoms with Gasteiger partial charge in [0.1, 0.15) is 0 Å². The molecule has 0 amide bonds. The van der Waals surface area contributed by atoms with E-state index in [2.05, 4.69) is 4.72 Å². The molecule has 0 bridgehead atoms. The van der Waals surface area contributed by atoms with Crippen LogP contribution in [0.3, 0.4) is 0 Å². The van der Waals surface area contributed by atoms with Crippen molar-refractivity contribution in [1.29, 1.82) is 0 Å². The van der Waals surface area contributed by atoms with E-state index >= 15 is 0 Å². The van der Waals surface area contributed by atoms with Gasteiger partial charge in [-0.05, 0) is 37.3 Å². The van der Waals surface area contributed by atoms with Gasteiger partial charge in [-0.1, -0.05) is 11.6 Å². The molecule has 0 fully saturated rings. The van der Waals surface area contributed by atoms with Gasteiger partial charge in [-0.3, -0.25) is 4.72 Å². The molecule has 2 rings (SSSR count). The van der Waals surface area contributed by atoms with Crippen molar-refractivity contribution >= 4 is 21.7 Å². The molecule has 0 spiro atoms. The van der Waals surface area contributed by atoms with Crippen molar-refractivity contribution in [3.63, 3.8) is 0 Å². The number of carboxylic acids is 1. The molecule has 0 saturated heterocycles. The molecule has 0 aliphatic heterocycles. The number of aryl methyl sites for hydroxylation is 1. The maximum atomic E-state index is 13.7. The fraction of sp³-hybridized carbons (Fsp3) is 0.133. The minimum Gasteiger partial charge on any atom is -0.494 e. The van der Waals surface area contributed by atoms with Gasteiger partial charge >= 0.3 is 5.97 Å². The van der Waals surface area contributed by atoms with E-state index in [4.69, 9.17) is 9.84 Å². The van der Waals surface area contributed by atoms with Crippen LogP contribution < -0.4 is 9.46 Å². The number of rotatable bonds is 5. The summed E-state index contributed by atoms with van der Waals surface area (Å²) in [5.41, 5.74) is 0.378. The molecular weight excluding hydrogens is 325 g/mol. The monoisotopic (exact) mass is 339 g/mol.